The quantitative estimate of drug-likeness (QED) is 0.721. The van der Waals surface area contributed by atoms with Gasteiger partial charge in [-0.25, -0.2) is 0 Å². The van der Waals surface area contributed by atoms with E-state index in [4.69, 9.17) is 4.74 Å². The van der Waals surface area contributed by atoms with Crippen LogP contribution in [0.1, 0.15) is 18.6 Å². The van der Waals surface area contributed by atoms with Gasteiger partial charge in [0.25, 0.3) is 0 Å². The summed E-state index contributed by atoms with van der Waals surface area (Å²) in [6, 6.07) is 5.80. The maximum Gasteiger partial charge on any atom is 0.138 e. The van der Waals surface area contributed by atoms with Crippen molar-refractivity contribution < 1.29 is 9.84 Å². The molecule has 0 saturated heterocycles. The predicted octanol–water partition coefficient (Wildman–Crippen LogP) is 2.18. The van der Waals surface area contributed by atoms with Gasteiger partial charge in [0, 0.05) is 0 Å². The highest BCUT2D eigenvalue weighted by molar-refractivity contribution is 7.99. The molecule has 1 aromatic carbocycles. The minimum absolute atomic E-state index is 0.392. The van der Waals surface area contributed by atoms with Crippen LogP contribution in [0.25, 0.3) is 0 Å². The molecule has 1 heterocycles. The Balaban J connectivity index is 2.39. The van der Waals surface area contributed by atoms with Gasteiger partial charge in [0.05, 0.1) is 11.0 Å². The fourth-order valence-electron chi connectivity index (χ4n) is 1.17. The lowest BCUT2D eigenvalue weighted by atomic mass is 10.1. The van der Waals surface area contributed by atoms with Gasteiger partial charge in [0.1, 0.15) is 11.7 Å². The van der Waals surface area contributed by atoms with E-state index in [0.717, 1.165) is 16.2 Å². The van der Waals surface area contributed by atoms with Gasteiger partial charge in [0.2, 0.25) is 0 Å². The van der Waals surface area contributed by atoms with Crippen molar-refractivity contribution >= 4 is 11.8 Å². The molecule has 1 aliphatic rings. The van der Waals surface area contributed by atoms with Crippen LogP contribution in [0.5, 0.6) is 5.75 Å². The fourth-order valence-corrected chi connectivity index (χ4v) is 1.97. The fraction of sp³-hybridized carbons (Fsp3) is 0.333. The summed E-state index contributed by atoms with van der Waals surface area (Å²) in [5.41, 5.74) is 0.951. The summed E-state index contributed by atoms with van der Waals surface area (Å²) in [5, 5.41) is 9.30. The van der Waals surface area contributed by atoms with E-state index < -0.39 is 6.10 Å². The molecule has 64 valence electrons. The molecule has 3 heteroatoms. The zero-order chi connectivity index (χ0) is 8.55. The summed E-state index contributed by atoms with van der Waals surface area (Å²) < 4.78 is 5.31. The molecular weight excluding hydrogens is 172 g/mol. The van der Waals surface area contributed by atoms with E-state index in [0.29, 0.717) is 5.94 Å². The zero-order valence-corrected chi connectivity index (χ0v) is 7.60. The number of thioether (sulfide) groups is 1. The topological polar surface area (TPSA) is 29.5 Å². The number of hydrogen-bond donors (Lipinski definition) is 1. The Labute approximate surface area is 75.6 Å². The number of rotatable bonds is 1. The normalized spacial score (nSPS) is 16.8. The molecule has 0 amide bonds. The molecule has 1 unspecified atom stereocenters. The molecule has 1 N–H and O–H groups in total. The van der Waals surface area contributed by atoms with E-state index in [-0.39, 0.29) is 0 Å². The van der Waals surface area contributed by atoms with Gasteiger partial charge in [-0.2, -0.15) is 0 Å². The predicted molar refractivity (Wildman–Crippen MR) is 48.4 cm³/mol. The Bertz CT molecular complexity index is 297. The van der Waals surface area contributed by atoms with E-state index in [1.165, 1.54) is 0 Å². The Morgan fingerprint density at radius 3 is 3.17 bits per heavy atom. The molecule has 0 radical (unpaired) electrons. The Hall–Kier alpha value is -0.670. The zero-order valence-electron chi connectivity index (χ0n) is 6.78. The summed E-state index contributed by atoms with van der Waals surface area (Å²) in [6.45, 7) is 1.77. The average molecular weight is 182 g/mol. The van der Waals surface area contributed by atoms with Crippen molar-refractivity contribution in [2.45, 2.75) is 17.9 Å². The first kappa shape index (κ1) is 7.95. The number of benzene rings is 1. The van der Waals surface area contributed by atoms with Crippen molar-refractivity contribution in [1.82, 2.24) is 0 Å². The van der Waals surface area contributed by atoms with Crippen molar-refractivity contribution in [2.24, 2.45) is 0 Å². The smallest absolute Gasteiger partial charge is 0.138 e. The molecule has 0 saturated carbocycles. The van der Waals surface area contributed by atoms with Crippen LogP contribution in [0.15, 0.2) is 23.1 Å². The van der Waals surface area contributed by atoms with E-state index in [2.05, 4.69) is 0 Å². The highest BCUT2D eigenvalue weighted by Gasteiger charge is 2.13. The summed E-state index contributed by atoms with van der Waals surface area (Å²) in [4.78, 5) is 1.13. The number of aliphatic hydroxyl groups is 1. The number of hydrogen-bond acceptors (Lipinski definition) is 3. The van der Waals surface area contributed by atoms with Crippen molar-refractivity contribution in [3.8, 4) is 5.75 Å². The summed E-state index contributed by atoms with van der Waals surface area (Å²) >= 11 is 1.67. The first-order valence-corrected chi connectivity index (χ1v) is 4.83. The van der Waals surface area contributed by atoms with Crippen LogP contribution in [0.2, 0.25) is 0 Å². The second-order valence-electron chi connectivity index (χ2n) is 2.79. The first-order valence-electron chi connectivity index (χ1n) is 3.85. The van der Waals surface area contributed by atoms with Crippen LogP contribution in [-0.4, -0.2) is 11.0 Å². The Morgan fingerprint density at radius 2 is 2.42 bits per heavy atom. The molecule has 2 rings (SSSR count). The number of aliphatic hydroxyl groups excluding tert-OH is 1. The molecule has 0 spiro atoms. The van der Waals surface area contributed by atoms with Gasteiger partial charge in [0.15, 0.2) is 0 Å². The minimum Gasteiger partial charge on any atom is -0.481 e. The molecule has 1 aromatic rings. The second-order valence-corrected chi connectivity index (χ2v) is 3.75. The van der Waals surface area contributed by atoms with Gasteiger partial charge in [-0.05, 0) is 24.6 Å². The molecule has 1 atom stereocenters. The maximum atomic E-state index is 9.30. The SMILES string of the molecule is CC(O)c1ccc2c(c1)SCO2. The summed E-state index contributed by atoms with van der Waals surface area (Å²) in [6.07, 6.45) is -0.392. The molecule has 0 bridgehead atoms. The maximum absolute atomic E-state index is 9.30. The molecule has 2 nitrogen and oxygen atoms in total. The summed E-state index contributed by atoms with van der Waals surface area (Å²) in [7, 11) is 0. The van der Waals surface area contributed by atoms with Crippen molar-refractivity contribution in [3.63, 3.8) is 0 Å². The van der Waals surface area contributed by atoms with Crippen molar-refractivity contribution in [3.05, 3.63) is 23.8 Å². The highest BCUT2D eigenvalue weighted by Crippen LogP contribution is 2.37. The van der Waals surface area contributed by atoms with Crippen LogP contribution in [-0.2, 0) is 0 Å². The number of fused-ring (bicyclic) bond motifs is 1. The molecule has 0 aromatic heterocycles. The minimum atomic E-state index is -0.392. The van der Waals surface area contributed by atoms with Crippen molar-refractivity contribution in [1.29, 1.82) is 0 Å². The Morgan fingerprint density at radius 1 is 1.58 bits per heavy atom. The first-order chi connectivity index (χ1) is 5.77. The third kappa shape index (κ3) is 1.30. The molecular formula is C9H10O2S. The largest absolute Gasteiger partial charge is 0.481 e. The van der Waals surface area contributed by atoms with E-state index in [1.807, 2.05) is 18.2 Å². The van der Waals surface area contributed by atoms with Crippen LogP contribution in [0.3, 0.4) is 0 Å². The standard InChI is InChI=1S/C9H10O2S/c1-6(10)7-2-3-8-9(4-7)12-5-11-8/h2-4,6,10H,5H2,1H3. The van der Waals surface area contributed by atoms with E-state index in [9.17, 15) is 5.11 Å². The third-order valence-corrected chi connectivity index (χ3v) is 2.74. The van der Waals surface area contributed by atoms with Crippen LogP contribution in [0, 0.1) is 0 Å². The van der Waals surface area contributed by atoms with Gasteiger partial charge in [-0.3, -0.25) is 0 Å². The number of ether oxygens (including phenoxy) is 1. The summed E-state index contributed by atoms with van der Waals surface area (Å²) in [5.74, 6) is 1.63. The van der Waals surface area contributed by atoms with Gasteiger partial charge < -0.3 is 9.84 Å². The average Bonchev–Trinajstić information content (AvgIpc) is 2.49. The molecule has 0 aliphatic carbocycles. The van der Waals surface area contributed by atoms with Crippen molar-refractivity contribution in [2.75, 3.05) is 5.94 Å². The van der Waals surface area contributed by atoms with Gasteiger partial charge in [-0.1, -0.05) is 17.8 Å². The lowest BCUT2D eigenvalue weighted by molar-refractivity contribution is 0.199. The lowest BCUT2D eigenvalue weighted by Crippen LogP contribution is -1.90. The van der Waals surface area contributed by atoms with E-state index >= 15 is 0 Å². The molecule has 1 aliphatic heterocycles. The monoisotopic (exact) mass is 182 g/mol. The van der Waals surface area contributed by atoms with Crippen LogP contribution in [0.4, 0.5) is 0 Å². The van der Waals surface area contributed by atoms with Crippen LogP contribution >= 0.6 is 11.8 Å². The molecule has 12 heavy (non-hydrogen) atoms. The van der Waals surface area contributed by atoms with Gasteiger partial charge >= 0.3 is 0 Å². The molecule has 0 fully saturated rings. The van der Waals surface area contributed by atoms with Crippen LogP contribution < -0.4 is 4.74 Å². The Kier molecular flexibility index (Phi) is 1.98. The highest BCUT2D eigenvalue weighted by atomic mass is 32.2. The second kappa shape index (κ2) is 2.99. The van der Waals surface area contributed by atoms with E-state index in [1.54, 1.807) is 18.7 Å². The third-order valence-electron chi connectivity index (χ3n) is 1.88. The van der Waals surface area contributed by atoms with Gasteiger partial charge in [-0.15, -0.1) is 0 Å². The lowest BCUT2D eigenvalue weighted by Gasteiger charge is -2.05.